The maximum absolute atomic E-state index is 13.2. The molecule has 3 rings (SSSR count). The summed E-state index contributed by atoms with van der Waals surface area (Å²) in [5.74, 6) is -1.96. The summed E-state index contributed by atoms with van der Waals surface area (Å²) in [4.78, 5) is 25.3. The van der Waals surface area contributed by atoms with Crippen molar-refractivity contribution in [3.8, 4) is 5.69 Å². The minimum Gasteiger partial charge on any atom is -0.481 e. The monoisotopic (exact) mass is 459 g/mol. The number of carbonyl (C=O) groups excluding carboxylic acids is 1. The third kappa shape index (κ3) is 5.21. The second-order valence-electron chi connectivity index (χ2n) is 7.19. The Morgan fingerprint density at radius 2 is 1.66 bits per heavy atom. The molecule has 0 aliphatic heterocycles. The number of sulfonamides is 1. The molecule has 0 unspecified atom stereocenters. The highest BCUT2D eigenvalue weighted by Gasteiger charge is 2.20. The second kappa shape index (κ2) is 9.33. The third-order valence-electron chi connectivity index (χ3n) is 4.92. The van der Waals surface area contributed by atoms with Crippen molar-refractivity contribution >= 4 is 21.9 Å². The van der Waals surface area contributed by atoms with Crippen LogP contribution in [0.5, 0.6) is 0 Å². The van der Waals surface area contributed by atoms with Crippen LogP contribution in [0.1, 0.15) is 33.7 Å². The average molecular weight is 459 g/mol. The molecule has 32 heavy (non-hydrogen) atoms. The van der Waals surface area contributed by atoms with Crippen LogP contribution in [0.2, 0.25) is 0 Å². The molecule has 3 N–H and O–H groups in total. The lowest BCUT2D eigenvalue weighted by Crippen LogP contribution is -2.41. The van der Waals surface area contributed by atoms with Crippen LogP contribution in [0, 0.1) is 19.7 Å². The zero-order valence-electron chi connectivity index (χ0n) is 17.4. The first kappa shape index (κ1) is 23.2. The summed E-state index contributed by atoms with van der Waals surface area (Å²) in [6.07, 6.45) is 0.222. The molecule has 10 heteroatoms. The van der Waals surface area contributed by atoms with Gasteiger partial charge >= 0.3 is 5.97 Å². The molecule has 0 spiro atoms. The van der Waals surface area contributed by atoms with E-state index in [2.05, 4.69) is 10.3 Å². The summed E-state index contributed by atoms with van der Waals surface area (Å²) in [5, 5.41) is 8.73. The largest absolute Gasteiger partial charge is 0.481 e. The summed E-state index contributed by atoms with van der Waals surface area (Å²) in [5.41, 5.74) is 5.11. The van der Waals surface area contributed by atoms with Gasteiger partial charge in [-0.05, 0) is 68.3 Å². The average Bonchev–Trinajstić information content (AvgIpc) is 3.05. The molecule has 0 aliphatic rings. The highest BCUT2D eigenvalue weighted by atomic mass is 32.2. The second-order valence-corrected chi connectivity index (χ2v) is 8.88. The number of rotatable bonds is 8. The van der Waals surface area contributed by atoms with Crippen LogP contribution >= 0.6 is 0 Å². The molecule has 0 bridgehead atoms. The molecule has 3 aromatic rings. The molecule has 8 nitrogen and oxygen atoms in total. The zero-order chi connectivity index (χ0) is 23.5. The number of aliphatic carboxylic acids is 1. The smallest absolute Gasteiger partial charge is 0.303 e. The van der Waals surface area contributed by atoms with Gasteiger partial charge in [0.15, 0.2) is 0 Å². The Morgan fingerprint density at radius 1 is 1.03 bits per heavy atom. The van der Waals surface area contributed by atoms with E-state index in [-0.39, 0.29) is 29.1 Å². The molecule has 2 aromatic carbocycles. The van der Waals surface area contributed by atoms with Gasteiger partial charge in [0.25, 0.3) is 15.9 Å². The molecule has 168 valence electrons. The van der Waals surface area contributed by atoms with Gasteiger partial charge in [0.1, 0.15) is 5.82 Å². The highest BCUT2D eigenvalue weighted by molar-refractivity contribution is 7.89. The van der Waals surface area contributed by atoms with Crippen LogP contribution in [0.3, 0.4) is 0 Å². The number of nitrogens with one attached hydrogen (secondary N) is 2. The van der Waals surface area contributed by atoms with Crippen LogP contribution in [-0.4, -0.2) is 30.0 Å². The number of amides is 1. The quantitative estimate of drug-likeness (QED) is 0.448. The molecule has 0 radical (unpaired) electrons. The van der Waals surface area contributed by atoms with E-state index in [1.54, 1.807) is 36.6 Å². The maximum atomic E-state index is 13.2. The van der Waals surface area contributed by atoms with Gasteiger partial charge in [0, 0.05) is 23.5 Å². The number of benzene rings is 2. The molecule has 1 aromatic heterocycles. The SMILES string of the molecule is Cc1cc(C(=O)NNS(=O)(=O)c2ccc(CCC(=O)O)cc2)c(C)n1-c1ccc(F)cc1. The molecule has 0 fully saturated rings. The van der Waals surface area contributed by atoms with E-state index in [4.69, 9.17) is 5.11 Å². The Morgan fingerprint density at radius 3 is 2.25 bits per heavy atom. The lowest BCUT2D eigenvalue weighted by molar-refractivity contribution is -0.136. The van der Waals surface area contributed by atoms with E-state index in [0.717, 1.165) is 5.69 Å². The van der Waals surface area contributed by atoms with Crippen LogP contribution in [0.4, 0.5) is 4.39 Å². The number of hydrogen-bond acceptors (Lipinski definition) is 4. The first-order valence-electron chi connectivity index (χ1n) is 9.66. The lowest BCUT2D eigenvalue weighted by atomic mass is 10.1. The number of carbonyl (C=O) groups is 2. The Balaban J connectivity index is 1.72. The zero-order valence-corrected chi connectivity index (χ0v) is 18.2. The van der Waals surface area contributed by atoms with Crippen molar-refractivity contribution < 1.29 is 27.5 Å². The van der Waals surface area contributed by atoms with Crippen molar-refractivity contribution in [2.24, 2.45) is 0 Å². The van der Waals surface area contributed by atoms with E-state index in [0.29, 0.717) is 16.9 Å². The molecule has 0 atom stereocenters. The van der Waals surface area contributed by atoms with E-state index in [9.17, 15) is 22.4 Å². The Hall–Kier alpha value is -3.50. The van der Waals surface area contributed by atoms with Crippen molar-refractivity contribution in [2.45, 2.75) is 31.6 Å². The summed E-state index contributed by atoms with van der Waals surface area (Å²) >= 11 is 0. The van der Waals surface area contributed by atoms with Crippen LogP contribution in [0.15, 0.2) is 59.5 Å². The van der Waals surface area contributed by atoms with Crippen molar-refractivity contribution in [1.29, 1.82) is 0 Å². The van der Waals surface area contributed by atoms with E-state index in [1.807, 2.05) is 0 Å². The van der Waals surface area contributed by atoms with Gasteiger partial charge < -0.3 is 9.67 Å². The molecule has 1 heterocycles. The maximum Gasteiger partial charge on any atom is 0.303 e. The number of aryl methyl sites for hydroxylation is 2. The van der Waals surface area contributed by atoms with E-state index >= 15 is 0 Å². The van der Waals surface area contributed by atoms with Crippen LogP contribution in [-0.2, 0) is 21.2 Å². The number of nitrogens with zero attached hydrogens (tertiary/aromatic N) is 1. The lowest BCUT2D eigenvalue weighted by Gasteiger charge is -2.11. The molecule has 0 aliphatic carbocycles. The van der Waals surface area contributed by atoms with Gasteiger partial charge in [0.2, 0.25) is 0 Å². The van der Waals surface area contributed by atoms with Gasteiger partial charge in [-0.15, -0.1) is 4.83 Å². The third-order valence-corrected chi connectivity index (χ3v) is 6.18. The fourth-order valence-electron chi connectivity index (χ4n) is 3.31. The Bertz CT molecular complexity index is 1250. The van der Waals surface area contributed by atoms with Gasteiger partial charge in [0.05, 0.1) is 10.5 Å². The first-order chi connectivity index (χ1) is 15.1. The summed E-state index contributed by atoms with van der Waals surface area (Å²) in [6, 6.07) is 13.1. The minimum atomic E-state index is -4.03. The molecular weight excluding hydrogens is 437 g/mol. The number of carboxylic acids is 1. The molecule has 0 saturated carbocycles. The van der Waals surface area contributed by atoms with Gasteiger partial charge in [-0.1, -0.05) is 12.1 Å². The summed E-state index contributed by atoms with van der Waals surface area (Å²) in [7, 11) is -4.03. The highest BCUT2D eigenvalue weighted by Crippen LogP contribution is 2.21. The fraction of sp³-hybridized carbons (Fsp3) is 0.182. The first-order valence-corrected chi connectivity index (χ1v) is 11.1. The summed E-state index contributed by atoms with van der Waals surface area (Å²) in [6.45, 7) is 3.48. The van der Waals surface area contributed by atoms with E-state index in [1.165, 1.54) is 36.4 Å². The van der Waals surface area contributed by atoms with Crippen LogP contribution < -0.4 is 10.3 Å². The van der Waals surface area contributed by atoms with Gasteiger partial charge in [-0.25, -0.2) is 12.8 Å². The van der Waals surface area contributed by atoms with Gasteiger partial charge in [-0.3, -0.25) is 15.0 Å². The number of aromatic nitrogens is 1. The Kier molecular flexibility index (Phi) is 6.75. The normalized spacial score (nSPS) is 11.3. The Labute approximate surface area is 184 Å². The summed E-state index contributed by atoms with van der Waals surface area (Å²) < 4.78 is 40.0. The molecular formula is C22H22FN3O5S. The van der Waals surface area contributed by atoms with Crippen molar-refractivity contribution in [3.63, 3.8) is 0 Å². The standard InChI is InChI=1S/C22H22FN3O5S/c1-14-13-20(15(2)26(14)18-8-6-17(23)7-9-18)22(29)24-25-32(30,31)19-10-3-16(4-11-19)5-12-21(27)28/h3-4,6-11,13,25H,5,12H2,1-2H3,(H,24,29)(H,27,28). The predicted octanol–water partition coefficient (Wildman–Crippen LogP) is 2.87. The molecule has 1 amide bonds. The minimum absolute atomic E-state index is 0.0588. The molecule has 0 saturated heterocycles. The van der Waals surface area contributed by atoms with Crippen LogP contribution in [0.25, 0.3) is 5.69 Å². The number of carboxylic acid groups (broad SMARTS) is 1. The van der Waals surface area contributed by atoms with Crippen molar-refractivity contribution in [3.05, 3.63) is 82.9 Å². The topological polar surface area (TPSA) is 118 Å². The number of hydrazine groups is 1. The van der Waals surface area contributed by atoms with Gasteiger partial charge in [-0.2, -0.15) is 0 Å². The predicted molar refractivity (Wildman–Crippen MR) is 115 cm³/mol. The van der Waals surface area contributed by atoms with Crippen molar-refractivity contribution in [1.82, 2.24) is 14.8 Å². The van der Waals surface area contributed by atoms with E-state index < -0.39 is 21.9 Å². The number of halogens is 1. The fourth-order valence-corrected chi connectivity index (χ4v) is 4.15. The number of hydrogen-bond donors (Lipinski definition) is 3. The van der Waals surface area contributed by atoms with Crippen molar-refractivity contribution in [2.75, 3.05) is 0 Å².